The first-order valence-electron chi connectivity index (χ1n) is 15.6. The molecule has 3 amide bonds. The third kappa shape index (κ3) is 9.35. The number of nitrogens with zero attached hydrogens (tertiary/aromatic N) is 1. The zero-order valence-corrected chi connectivity index (χ0v) is 28.5. The number of imide groups is 1. The molecule has 3 aromatic rings. The van der Waals surface area contributed by atoms with Gasteiger partial charge in [-0.25, -0.2) is 0 Å². The second-order valence-corrected chi connectivity index (χ2v) is 14.9. The van der Waals surface area contributed by atoms with E-state index >= 15 is 0 Å². The number of nitrogens with one attached hydrogen (secondary N) is 3. The van der Waals surface area contributed by atoms with Gasteiger partial charge in [0, 0.05) is 18.8 Å². The van der Waals surface area contributed by atoms with Gasteiger partial charge in [0.1, 0.15) is 11.6 Å². The Morgan fingerprint density at radius 1 is 0.878 bits per heavy atom. The first-order chi connectivity index (χ1) is 22.8. The van der Waals surface area contributed by atoms with Gasteiger partial charge in [0.15, 0.2) is 0 Å². The van der Waals surface area contributed by atoms with Crippen molar-refractivity contribution in [3.05, 3.63) is 77.4 Å². The molecule has 0 radical (unpaired) electrons. The van der Waals surface area contributed by atoms with Crippen molar-refractivity contribution >= 4 is 50.2 Å². The average Bonchev–Trinajstić information content (AvgIpc) is 3.22. The number of anilines is 1. The van der Waals surface area contributed by atoms with E-state index in [1.54, 1.807) is 32.9 Å². The van der Waals surface area contributed by atoms with Gasteiger partial charge in [-0.15, -0.1) is 0 Å². The SMILES string of the molecule is CC(C)C[C@H](N[C@H](CCN1C(=O)c2cc3ccccc3cc2C1=O)C(=O)OC(C)(C)C)C(=O)NCc1ccc(NS(=O)(=O)C(F)(F)F)cc1. The summed E-state index contributed by atoms with van der Waals surface area (Å²) in [6, 6.07) is 13.7. The molecule has 0 saturated heterocycles. The van der Waals surface area contributed by atoms with Gasteiger partial charge in [0.2, 0.25) is 5.91 Å². The number of sulfonamides is 1. The number of hydrogen-bond donors (Lipinski definition) is 3. The Bertz CT molecular complexity index is 1780. The molecule has 0 saturated carbocycles. The Kier molecular flexibility index (Phi) is 11.1. The molecule has 1 heterocycles. The molecule has 1 aliphatic heterocycles. The van der Waals surface area contributed by atoms with Gasteiger partial charge >= 0.3 is 21.5 Å². The number of amides is 3. The Morgan fingerprint density at radius 3 is 1.92 bits per heavy atom. The van der Waals surface area contributed by atoms with E-state index in [2.05, 4.69) is 10.6 Å². The number of fused-ring (bicyclic) bond motifs is 2. The van der Waals surface area contributed by atoms with Gasteiger partial charge in [-0.3, -0.25) is 34.1 Å². The van der Waals surface area contributed by atoms with E-state index in [-0.39, 0.29) is 42.2 Å². The zero-order chi connectivity index (χ0) is 36.3. The van der Waals surface area contributed by atoms with Gasteiger partial charge in [-0.1, -0.05) is 50.2 Å². The maximum absolute atomic E-state index is 13.4. The summed E-state index contributed by atoms with van der Waals surface area (Å²) >= 11 is 0. The smallest absolute Gasteiger partial charge is 0.459 e. The average molecular weight is 705 g/mol. The summed E-state index contributed by atoms with van der Waals surface area (Å²) < 4.78 is 67.9. The predicted octanol–water partition coefficient (Wildman–Crippen LogP) is 5.12. The van der Waals surface area contributed by atoms with E-state index in [0.29, 0.717) is 12.0 Å². The van der Waals surface area contributed by atoms with Crippen LogP contribution in [0.5, 0.6) is 0 Å². The summed E-state index contributed by atoms with van der Waals surface area (Å²) in [5, 5.41) is 7.43. The summed E-state index contributed by atoms with van der Waals surface area (Å²) in [6.45, 7) is 8.65. The van der Waals surface area contributed by atoms with Crippen LogP contribution in [0.4, 0.5) is 18.9 Å². The Morgan fingerprint density at radius 2 is 1.43 bits per heavy atom. The van der Waals surface area contributed by atoms with Crippen molar-refractivity contribution in [3.63, 3.8) is 0 Å². The molecule has 3 N–H and O–H groups in total. The lowest BCUT2D eigenvalue weighted by Gasteiger charge is -2.29. The monoisotopic (exact) mass is 704 g/mol. The van der Waals surface area contributed by atoms with Crippen LogP contribution in [0.25, 0.3) is 10.8 Å². The molecular weight excluding hydrogens is 665 g/mol. The molecule has 11 nitrogen and oxygen atoms in total. The highest BCUT2D eigenvalue weighted by molar-refractivity contribution is 7.93. The van der Waals surface area contributed by atoms with Crippen LogP contribution < -0.4 is 15.4 Å². The fourth-order valence-electron chi connectivity index (χ4n) is 5.26. The predicted molar refractivity (Wildman–Crippen MR) is 177 cm³/mol. The second-order valence-electron chi connectivity index (χ2n) is 13.2. The van der Waals surface area contributed by atoms with Gasteiger partial charge < -0.3 is 10.1 Å². The van der Waals surface area contributed by atoms with E-state index in [1.165, 1.54) is 16.9 Å². The maximum Gasteiger partial charge on any atom is 0.516 e. The molecule has 1 aliphatic rings. The quantitative estimate of drug-likeness (QED) is 0.164. The minimum absolute atomic E-state index is 0.00570. The van der Waals surface area contributed by atoms with Crippen molar-refractivity contribution in [1.29, 1.82) is 0 Å². The first kappa shape index (κ1) is 37.3. The van der Waals surface area contributed by atoms with Crippen molar-refractivity contribution in [2.45, 2.75) is 77.2 Å². The van der Waals surface area contributed by atoms with Gasteiger partial charge in [-0.2, -0.15) is 21.6 Å². The molecule has 2 atom stereocenters. The van der Waals surface area contributed by atoms with Crippen LogP contribution in [-0.2, 0) is 30.9 Å². The Labute approximate surface area is 282 Å². The summed E-state index contributed by atoms with van der Waals surface area (Å²) in [4.78, 5) is 54.5. The molecule has 0 bridgehead atoms. The molecule has 0 aliphatic carbocycles. The number of halogens is 3. The van der Waals surface area contributed by atoms with Crippen LogP contribution in [0, 0.1) is 5.92 Å². The lowest BCUT2D eigenvalue weighted by atomic mass is 10.0. The van der Waals surface area contributed by atoms with Crippen LogP contribution in [0.3, 0.4) is 0 Å². The fraction of sp³-hybridized carbons (Fsp3) is 0.412. The van der Waals surface area contributed by atoms with Crippen molar-refractivity contribution in [1.82, 2.24) is 15.5 Å². The first-order valence-corrected chi connectivity index (χ1v) is 17.1. The van der Waals surface area contributed by atoms with Crippen molar-refractivity contribution < 1.29 is 45.5 Å². The van der Waals surface area contributed by atoms with Crippen LogP contribution >= 0.6 is 0 Å². The van der Waals surface area contributed by atoms with E-state index in [0.717, 1.165) is 27.8 Å². The highest BCUT2D eigenvalue weighted by atomic mass is 32.2. The maximum atomic E-state index is 13.4. The molecule has 0 aromatic heterocycles. The number of carbonyl (C=O) groups is 4. The molecule has 0 spiro atoms. The van der Waals surface area contributed by atoms with Crippen molar-refractivity contribution in [2.75, 3.05) is 11.3 Å². The Balaban J connectivity index is 1.47. The van der Waals surface area contributed by atoms with E-state index in [1.807, 2.05) is 38.1 Å². The lowest BCUT2D eigenvalue weighted by Crippen LogP contribution is -2.53. The summed E-state index contributed by atoms with van der Waals surface area (Å²) in [6.07, 6.45) is 0.250. The number of esters is 1. The molecule has 0 unspecified atom stereocenters. The van der Waals surface area contributed by atoms with Crippen LogP contribution in [0.15, 0.2) is 60.7 Å². The summed E-state index contributed by atoms with van der Waals surface area (Å²) in [7, 11) is -5.59. The third-order valence-corrected chi connectivity index (χ3v) is 8.69. The number of benzene rings is 3. The topological polar surface area (TPSA) is 151 Å². The summed E-state index contributed by atoms with van der Waals surface area (Å²) in [5.41, 5.74) is -5.65. The highest BCUT2D eigenvalue weighted by Crippen LogP contribution is 2.29. The van der Waals surface area contributed by atoms with E-state index in [4.69, 9.17) is 4.74 Å². The second kappa shape index (κ2) is 14.5. The molecule has 0 fully saturated rings. The van der Waals surface area contributed by atoms with E-state index in [9.17, 15) is 40.8 Å². The molecule has 15 heteroatoms. The van der Waals surface area contributed by atoms with Crippen LogP contribution in [0.2, 0.25) is 0 Å². The van der Waals surface area contributed by atoms with E-state index < -0.39 is 56.9 Å². The Hall–Kier alpha value is -4.50. The summed E-state index contributed by atoms with van der Waals surface area (Å²) in [5.74, 6) is -2.14. The molecular formula is C34H39F3N4O7S. The minimum atomic E-state index is -5.59. The normalized spacial score (nSPS) is 14.9. The number of alkyl halides is 3. The fourth-order valence-corrected chi connectivity index (χ4v) is 5.82. The molecule has 4 rings (SSSR count). The van der Waals surface area contributed by atoms with Crippen molar-refractivity contribution in [3.8, 4) is 0 Å². The number of ether oxygens (including phenoxy) is 1. The standard InChI is InChI=1S/C34H39F3N4O7S/c1-20(2)16-28(29(42)38-19-21-10-12-24(13-11-21)40-49(46,47)34(35,36)37)39-27(32(45)48-33(3,4)5)14-15-41-30(43)25-17-22-8-6-7-9-23(22)18-26(25)31(41)44/h6-13,17-18,20,27-28,39-40H,14-16,19H2,1-5H3,(H,38,42)/t27-,28+/m1/s1. The minimum Gasteiger partial charge on any atom is -0.459 e. The van der Waals surface area contributed by atoms with Gasteiger partial charge in [0.25, 0.3) is 11.8 Å². The number of carbonyl (C=O) groups excluding carboxylic acids is 4. The van der Waals surface area contributed by atoms with Gasteiger partial charge in [-0.05, 0) is 80.1 Å². The highest BCUT2D eigenvalue weighted by Gasteiger charge is 2.46. The van der Waals surface area contributed by atoms with Crippen LogP contribution in [0.1, 0.15) is 73.7 Å². The van der Waals surface area contributed by atoms with Crippen LogP contribution in [-0.4, -0.2) is 66.7 Å². The zero-order valence-electron chi connectivity index (χ0n) is 27.7. The van der Waals surface area contributed by atoms with Gasteiger partial charge in [0.05, 0.1) is 17.2 Å². The molecule has 49 heavy (non-hydrogen) atoms. The largest absolute Gasteiger partial charge is 0.516 e. The van der Waals surface area contributed by atoms with Crippen molar-refractivity contribution in [2.24, 2.45) is 5.92 Å². The third-order valence-electron chi connectivity index (χ3n) is 7.57. The number of hydrogen-bond acceptors (Lipinski definition) is 8. The molecule has 3 aromatic carbocycles. The molecule has 264 valence electrons. The lowest BCUT2D eigenvalue weighted by molar-refractivity contribution is -0.158. The number of rotatable bonds is 13.